The first-order chi connectivity index (χ1) is 8.56. The summed E-state index contributed by atoms with van der Waals surface area (Å²) in [6, 6.07) is 8.18. The number of rotatable bonds is 3. The fourth-order valence-corrected chi connectivity index (χ4v) is 2.29. The van der Waals surface area contributed by atoms with E-state index in [0.717, 1.165) is 8.95 Å². The van der Waals surface area contributed by atoms with Gasteiger partial charge in [0, 0.05) is 10.5 Å². The molecule has 0 spiro atoms. The Balaban J connectivity index is 2.21. The second-order valence-electron chi connectivity index (χ2n) is 3.24. The number of carbonyl (C=O) groups is 1. The number of hydrogen-bond acceptors (Lipinski definition) is 4. The maximum Gasteiger partial charge on any atom is 0.356 e. The summed E-state index contributed by atoms with van der Waals surface area (Å²) in [5, 5.41) is 15.9. The second-order valence-corrected chi connectivity index (χ2v) is 5.01. The topological polar surface area (TPSA) is 72.3 Å². The number of halogens is 2. The van der Waals surface area contributed by atoms with Crippen LogP contribution < -0.4 is 4.74 Å². The van der Waals surface area contributed by atoms with E-state index >= 15 is 0 Å². The molecule has 0 aliphatic heterocycles. The van der Waals surface area contributed by atoms with E-state index in [0.29, 0.717) is 5.75 Å². The van der Waals surface area contributed by atoms with Gasteiger partial charge in [-0.1, -0.05) is 15.9 Å². The highest BCUT2D eigenvalue weighted by atomic mass is 79.9. The molecule has 0 saturated carbocycles. The van der Waals surface area contributed by atoms with Crippen LogP contribution in [0.1, 0.15) is 10.5 Å². The molecule has 1 aromatic carbocycles. The minimum absolute atomic E-state index is 0.128. The highest BCUT2D eigenvalue weighted by Crippen LogP contribution is 2.30. The van der Waals surface area contributed by atoms with E-state index in [-0.39, 0.29) is 11.6 Å². The Labute approximate surface area is 119 Å². The van der Waals surface area contributed by atoms with Crippen molar-refractivity contribution in [1.29, 1.82) is 0 Å². The predicted octanol–water partition coefficient (Wildman–Crippen LogP) is 3.49. The van der Waals surface area contributed by atoms with Crippen LogP contribution in [0, 0.1) is 0 Å². The van der Waals surface area contributed by atoms with Crippen LogP contribution in [0.2, 0.25) is 0 Å². The van der Waals surface area contributed by atoms with E-state index in [2.05, 4.69) is 42.1 Å². The summed E-state index contributed by atoms with van der Waals surface area (Å²) in [4.78, 5) is 10.6. The summed E-state index contributed by atoms with van der Waals surface area (Å²) in [6.45, 7) is 0. The third-order valence-electron chi connectivity index (χ3n) is 1.97. The summed E-state index contributed by atoms with van der Waals surface area (Å²) in [6.07, 6.45) is 0. The van der Waals surface area contributed by atoms with E-state index in [1.807, 2.05) is 12.1 Å². The Hall–Kier alpha value is -1.47. The molecule has 0 atom stereocenters. The van der Waals surface area contributed by atoms with Gasteiger partial charge in [-0.3, -0.25) is 0 Å². The fraction of sp³-hybridized carbons (Fsp3) is 0. The van der Waals surface area contributed by atoms with Gasteiger partial charge in [0.1, 0.15) is 5.75 Å². The molecule has 7 heteroatoms. The zero-order chi connectivity index (χ0) is 13.1. The van der Waals surface area contributed by atoms with Crippen molar-refractivity contribution in [2.45, 2.75) is 0 Å². The van der Waals surface area contributed by atoms with Gasteiger partial charge in [0.25, 0.3) is 0 Å². The van der Waals surface area contributed by atoms with Crippen LogP contribution >= 0.6 is 31.9 Å². The number of carboxylic acids is 1. The number of hydrogen-bond donors (Lipinski definition) is 1. The van der Waals surface area contributed by atoms with Gasteiger partial charge in [0.2, 0.25) is 5.88 Å². The van der Waals surface area contributed by atoms with Gasteiger partial charge in [-0.15, -0.1) is 10.2 Å². The van der Waals surface area contributed by atoms with Crippen molar-refractivity contribution in [3.63, 3.8) is 0 Å². The van der Waals surface area contributed by atoms with Crippen LogP contribution in [0.5, 0.6) is 11.6 Å². The molecule has 92 valence electrons. The largest absolute Gasteiger partial charge is 0.476 e. The van der Waals surface area contributed by atoms with Crippen molar-refractivity contribution >= 4 is 37.8 Å². The van der Waals surface area contributed by atoms with Crippen LogP contribution in [0.15, 0.2) is 39.3 Å². The molecule has 1 N–H and O–H groups in total. The third-order valence-corrected chi connectivity index (χ3v) is 3.08. The molecule has 0 aliphatic rings. The first-order valence-electron chi connectivity index (χ1n) is 4.76. The monoisotopic (exact) mass is 372 g/mol. The zero-order valence-electron chi connectivity index (χ0n) is 8.80. The molecule has 1 aromatic heterocycles. The lowest BCUT2D eigenvalue weighted by atomic mass is 10.3. The molecule has 0 radical (unpaired) electrons. The highest BCUT2D eigenvalue weighted by molar-refractivity contribution is 9.11. The van der Waals surface area contributed by atoms with Gasteiger partial charge >= 0.3 is 5.97 Å². The highest BCUT2D eigenvalue weighted by Gasteiger charge is 2.08. The van der Waals surface area contributed by atoms with E-state index in [9.17, 15) is 4.79 Å². The summed E-state index contributed by atoms with van der Waals surface area (Å²) < 4.78 is 7.13. The molecule has 0 bridgehead atoms. The molecule has 0 amide bonds. The lowest BCUT2D eigenvalue weighted by Gasteiger charge is -2.06. The third kappa shape index (κ3) is 3.05. The number of ether oxygens (including phenoxy) is 1. The van der Waals surface area contributed by atoms with Gasteiger partial charge in [-0.2, -0.15) is 0 Å². The smallest absolute Gasteiger partial charge is 0.356 e. The van der Waals surface area contributed by atoms with E-state index in [4.69, 9.17) is 9.84 Å². The minimum atomic E-state index is -1.13. The molecule has 2 rings (SSSR count). The number of aromatic nitrogens is 2. The summed E-state index contributed by atoms with van der Waals surface area (Å²) >= 11 is 6.67. The molecular weight excluding hydrogens is 368 g/mol. The van der Waals surface area contributed by atoms with Crippen LogP contribution in [0.3, 0.4) is 0 Å². The Kier molecular flexibility index (Phi) is 3.93. The SMILES string of the molecule is O=C(O)c1ccc(Oc2ccc(Br)cc2Br)nn1. The average molecular weight is 374 g/mol. The Morgan fingerprint density at radius 2 is 1.94 bits per heavy atom. The lowest BCUT2D eigenvalue weighted by molar-refractivity contribution is 0.0689. The minimum Gasteiger partial charge on any atom is -0.476 e. The predicted molar refractivity (Wildman–Crippen MR) is 70.9 cm³/mol. The van der Waals surface area contributed by atoms with E-state index in [1.165, 1.54) is 12.1 Å². The van der Waals surface area contributed by atoms with Gasteiger partial charge in [0.05, 0.1) is 4.47 Å². The normalized spacial score (nSPS) is 10.1. The number of nitrogens with zero attached hydrogens (tertiary/aromatic N) is 2. The summed E-state index contributed by atoms with van der Waals surface area (Å²) in [5.74, 6) is -0.336. The lowest BCUT2D eigenvalue weighted by Crippen LogP contribution is -2.02. The average Bonchev–Trinajstić information content (AvgIpc) is 2.33. The molecule has 0 aliphatic carbocycles. The van der Waals surface area contributed by atoms with Crippen molar-refractivity contribution in [2.24, 2.45) is 0 Å². The molecule has 5 nitrogen and oxygen atoms in total. The Bertz CT molecular complexity index is 587. The van der Waals surface area contributed by atoms with Gasteiger partial charge in [-0.25, -0.2) is 4.79 Å². The van der Waals surface area contributed by atoms with E-state index < -0.39 is 5.97 Å². The van der Waals surface area contributed by atoms with Crippen LogP contribution in [-0.2, 0) is 0 Å². The maximum absolute atomic E-state index is 10.6. The Morgan fingerprint density at radius 1 is 1.17 bits per heavy atom. The van der Waals surface area contributed by atoms with Crippen molar-refractivity contribution < 1.29 is 14.6 Å². The molecule has 0 saturated heterocycles. The van der Waals surface area contributed by atoms with Crippen LogP contribution in [-0.4, -0.2) is 21.3 Å². The number of benzene rings is 1. The maximum atomic E-state index is 10.6. The van der Waals surface area contributed by atoms with E-state index in [1.54, 1.807) is 6.07 Å². The zero-order valence-corrected chi connectivity index (χ0v) is 12.0. The Morgan fingerprint density at radius 3 is 2.50 bits per heavy atom. The van der Waals surface area contributed by atoms with Crippen LogP contribution in [0.4, 0.5) is 0 Å². The molecule has 18 heavy (non-hydrogen) atoms. The fourth-order valence-electron chi connectivity index (χ4n) is 1.16. The molecule has 0 fully saturated rings. The summed E-state index contributed by atoms with van der Waals surface area (Å²) in [5.41, 5.74) is -0.128. The quantitative estimate of drug-likeness (QED) is 0.891. The van der Waals surface area contributed by atoms with Crippen molar-refractivity contribution in [3.05, 3.63) is 45.0 Å². The number of carboxylic acid groups (broad SMARTS) is 1. The molecule has 1 heterocycles. The first kappa shape index (κ1) is 13.0. The standard InChI is InChI=1S/C11H6Br2N2O3/c12-6-1-3-9(7(13)5-6)18-10-4-2-8(11(16)17)14-15-10/h1-5H,(H,16,17). The second kappa shape index (κ2) is 5.45. The van der Waals surface area contributed by atoms with Gasteiger partial charge in [-0.05, 0) is 40.2 Å². The van der Waals surface area contributed by atoms with Crippen molar-refractivity contribution in [3.8, 4) is 11.6 Å². The van der Waals surface area contributed by atoms with Crippen molar-refractivity contribution in [2.75, 3.05) is 0 Å². The first-order valence-corrected chi connectivity index (χ1v) is 6.35. The van der Waals surface area contributed by atoms with Gasteiger partial charge in [0.15, 0.2) is 5.69 Å². The van der Waals surface area contributed by atoms with Crippen LogP contribution in [0.25, 0.3) is 0 Å². The molecule has 2 aromatic rings. The van der Waals surface area contributed by atoms with Gasteiger partial charge < -0.3 is 9.84 Å². The summed E-state index contributed by atoms with van der Waals surface area (Å²) in [7, 11) is 0. The molecule has 0 unspecified atom stereocenters. The number of aromatic carboxylic acids is 1. The molecular formula is C11H6Br2N2O3. The van der Waals surface area contributed by atoms with Crippen molar-refractivity contribution in [1.82, 2.24) is 10.2 Å².